The quantitative estimate of drug-likeness (QED) is 0.536. The Hall–Kier alpha value is -2.82. The van der Waals surface area contributed by atoms with Gasteiger partial charge in [-0.25, -0.2) is 13.6 Å². The fourth-order valence-corrected chi connectivity index (χ4v) is 5.69. The molecule has 0 saturated heterocycles. The molecule has 174 valence electrons. The summed E-state index contributed by atoms with van der Waals surface area (Å²) >= 11 is 1.17. The second-order valence-electron chi connectivity index (χ2n) is 7.87. The molecule has 8 nitrogen and oxygen atoms in total. The molecule has 0 radical (unpaired) electrons. The monoisotopic (exact) mass is 487 g/mol. The van der Waals surface area contributed by atoms with Crippen molar-refractivity contribution in [1.82, 2.24) is 4.57 Å². The van der Waals surface area contributed by atoms with E-state index in [4.69, 9.17) is 9.88 Å². The SMILES string of the molecule is CCOC(=O)CCn1c(=NC(=O)c2ccc3c(c2)CCCC3)sc2cc(S(N)(=O)=O)ccc21. The van der Waals surface area contributed by atoms with Gasteiger partial charge in [0.1, 0.15) is 0 Å². The first-order valence-electron chi connectivity index (χ1n) is 10.8. The molecule has 1 aliphatic rings. The van der Waals surface area contributed by atoms with Crippen LogP contribution in [0.25, 0.3) is 10.2 Å². The predicted octanol–water partition coefficient (Wildman–Crippen LogP) is 2.92. The lowest BCUT2D eigenvalue weighted by Crippen LogP contribution is -2.19. The second kappa shape index (κ2) is 9.58. The molecule has 0 fully saturated rings. The van der Waals surface area contributed by atoms with E-state index >= 15 is 0 Å². The van der Waals surface area contributed by atoms with Crippen LogP contribution < -0.4 is 9.94 Å². The van der Waals surface area contributed by atoms with Gasteiger partial charge in [-0.2, -0.15) is 4.99 Å². The summed E-state index contributed by atoms with van der Waals surface area (Å²) in [5.74, 6) is -0.746. The lowest BCUT2D eigenvalue weighted by molar-refractivity contribution is -0.143. The van der Waals surface area contributed by atoms with Crippen LogP contribution in [0.4, 0.5) is 0 Å². The smallest absolute Gasteiger partial charge is 0.307 e. The Balaban J connectivity index is 1.76. The van der Waals surface area contributed by atoms with Crippen LogP contribution in [0, 0.1) is 0 Å². The molecule has 4 rings (SSSR count). The van der Waals surface area contributed by atoms with Gasteiger partial charge in [-0.05, 0) is 74.1 Å². The fraction of sp³-hybridized carbons (Fsp3) is 0.348. The number of amides is 1. The minimum absolute atomic E-state index is 0.0265. The summed E-state index contributed by atoms with van der Waals surface area (Å²) in [6, 6.07) is 10.2. The molecule has 0 atom stereocenters. The molecule has 1 aromatic heterocycles. The maximum Gasteiger partial charge on any atom is 0.307 e. The number of fused-ring (bicyclic) bond motifs is 2. The molecule has 3 aromatic rings. The lowest BCUT2D eigenvalue weighted by atomic mass is 9.90. The van der Waals surface area contributed by atoms with Crippen molar-refractivity contribution < 1.29 is 22.7 Å². The third-order valence-corrected chi connectivity index (χ3v) is 7.57. The average molecular weight is 488 g/mol. The number of aromatic nitrogens is 1. The van der Waals surface area contributed by atoms with Crippen molar-refractivity contribution in [1.29, 1.82) is 0 Å². The van der Waals surface area contributed by atoms with E-state index in [1.165, 1.54) is 34.6 Å². The number of aryl methyl sites for hydroxylation is 3. The average Bonchev–Trinajstić information content (AvgIpc) is 3.13. The summed E-state index contributed by atoms with van der Waals surface area (Å²) in [5.41, 5.74) is 3.63. The third-order valence-electron chi connectivity index (χ3n) is 5.62. The molecular formula is C23H25N3O5S2. The van der Waals surface area contributed by atoms with Crippen LogP contribution in [-0.4, -0.2) is 31.5 Å². The summed E-state index contributed by atoms with van der Waals surface area (Å²) in [6.45, 7) is 2.25. The number of nitrogens with zero attached hydrogens (tertiary/aromatic N) is 2. The van der Waals surface area contributed by atoms with Crippen LogP contribution in [-0.2, 0) is 38.9 Å². The first kappa shape index (κ1) is 23.3. The molecule has 0 bridgehead atoms. The highest BCUT2D eigenvalue weighted by atomic mass is 32.2. The summed E-state index contributed by atoms with van der Waals surface area (Å²) in [7, 11) is -3.88. The largest absolute Gasteiger partial charge is 0.466 e. The van der Waals surface area contributed by atoms with Gasteiger partial charge in [-0.15, -0.1) is 0 Å². The number of sulfonamides is 1. The van der Waals surface area contributed by atoms with E-state index in [1.54, 1.807) is 23.6 Å². The number of esters is 1. The van der Waals surface area contributed by atoms with Crippen molar-refractivity contribution in [2.75, 3.05) is 6.61 Å². The molecule has 33 heavy (non-hydrogen) atoms. The number of ether oxygens (including phenoxy) is 1. The Morgan fingerprint density at radius 3 is 2.61 bits per heavy atom. The molecule has 10 heteroatoms. The van der Waals surface area contributed by atoms with Gasteiger partial charge in [0.05, 0.1) is 28.1 Å². The zero-order valence-electron chi connectivity index (χ0n) is 18.2. The van der Waals surface area contributed by atoms with Crippen LogP contribution in [0.15, 0.2) is 46.3 Å². The summed E-state index contributed by atoms with van der Waals surface area (Å²) in [5, 5.41) is 5.27. The van der Waals surface area contributed by atoms with Crippen LogP contribution in [0.3, 0.4) is 0 Å². The summed E-state index contributed by atoms with van der Waals surface area (Å²) in [4.78, 5) is 29.6. The zero-order chi connectivity index (χ0) is 23.6. The van der Waals surface area contributed by atoms with Crippen LogP contribution in [0.5, 0.6) is 0 Å². The molecule has 0 saturated carbocycles. The van der Waals surface area contributed by atoms with E-state index in [2.05, 4.69) is 4.99 Å². The standard InChI is InChI=1S/C23H25N3O5S2/c1-2-31-21(27)11-12-26-19-10-9-18(33(24,29)30)14-20(19)32-23(26)25-22(28)17-8-7-15-5-3-4-6-16(15)13-17/h7-10,13-14H,2-6,11-12H2,1H3,(H2,24,29,30). The number of primary sulfonamides is 1. The van der Waals surface area contributed by atoms with Gasteiger partial charge in [0.2, 0.25) is 10.0 Å². The minimum Gasteiger partial charge on any atom is -0.466 e. The van der Waals surface area contributed by atoms with E-state index in [0.29, 0.717) is 20.6 Å². The number of thiazole rings is 1. The third kappa shape index (κ3) is 5.23. The highest BCUT2D eigenvalue weighted by Crippen LogP contribution is 2.24. The van der Waals surface area contributed by atoms with Crippen molar-refractivity contribution in [3.8, 4) is 0 Å². The highest BCUT2D eigenvalue weighted by Gasteiger charge is 2.16. The van der Waals surface area contributed by atoms with E-state index in [0.717, 1.165) is 25.7 Å². The van der Waals surface area contributed by atoms with Crippen LogP contribution in [0.1, 0.15) is 47.7 Å². The number of benzene rings is 2. The van der Waals surface area contributed by atoms with Crippen molar-refractivity contribution in [2.45, 2.75) is 50.5 Å². The second-order valence-corrected chi connectivity index (χ2v) is 10.4. The molecule has 1 heterocycles. The van der Waals surface area contributed by atoms with Crippen molar-refractivity contribution in [3.63, 3.8) is 0 Å². The number of carbonyl (C=O) groups is 2. The van der Waals surface area contributed by atoms with Crippen molar-refractivity contribution in [3.05, 3.63) is 57.9 Å². The molecule has 1 amide bonds. The first-order valence-corrected chi connectivity index (χ1v) is 13.1. The topological polar surface area (TPSA) is 121 Å². The Kier molecular flexibility index (Phi) is 6.78. The normalized spacial score (nSPS) is 14.3. The molecule has 1 aliphatic carbocycles. The molecule has 0 spiro atoms. The fourth-order valence-electron chi connectivity index (χ4n) is 3.99. The summed E-state index contributed by atoms with van der Waals surface area (Å²) < 4.78 is 30.9. The van der Waals surface area contributed by atoms with Crippen LogP contribution >= 0.6 is 11.3 Å². The summed E-state index contributed by atoms with van der Waals surface area (Å²) in [6.07, 6.45) is 4.34. The van der Waals surface area contributed by atoms with E-state index < -0.39 is 10.0 Å². The number of hydrogen-bond acceptors (Lipinski definition) is 6. The number of carbonyl (C=O) groups excluding carboxylic acids is 2. The molecule has 0 aliphatic heterocycles. The van der Waals surface area contributed by atoms with Gasteiger partial charge in [0.15, 0.2) is 4.80 Å². The van der Waals surface area contributed by atoms with Gasteiger partial charge in [0, 0.05) is 12.1 Å². The van der Waals surface area contributed by atoms with E-state index in [1.807, 2.05) is 12.1 Å². The Labute approximate surface area is 195 Å². The van der Waals surface area contributed by atoms with Gasteiger partial charge in [-0.1, -0.05) is 17.4 Å². The van der Waals surface area contributed by atoms with Gasteiger partial charge < -0.3 is 9.30 Å². The van der Waals surface area contributed by atoms with Crippen LogP contribution in [0.2, 0.25) is 0 Å². The van der Waals surface area contributed by atoms with Gasteiger partial charge in [0.25, 0.3) is 5.91 Å². The Morgan fingerprint density at radius 2 is 1.88 bits per heavy atom. The first-order chi connectivity index (χ1) is 15.8. The molecule has 2 N–H and O–H groups in total. The van der Waals surface area contributed by atoms with Gasteiger partial charge >= 0.3 is 5.97 Å². The Bertz CT molecular complexity index is 1400. The van der Waals surface area contributed by atoms with Gasteiger partial charge in [-0.3, -0.25) is 9.59 Å². The van der Waals surface area contributed by atoms with Crippen molar-refractivity contribution >= 4 is 43.5 Å². The Morgan fingerprint density at radius 1 is 1.12 bits per heavy atom. The maximum absolute atomic E-state index is 13.0. The predicted molar refractivity (Wildman–Crippen MR) is 125 cm³/mol. The number of nitrogens with two attached hydrogens (primary N) is 1. The molecular weight excluding hydrogens is 462 g/mol. The minimum atomic E-state index is -3.88. The zero-order valence-corrected chi connectivity index (χ0v) is 19.9. The van der Waals surface area contributed by atoms with E-state index in [9.17, 15) is 18.0 Å². The number of rotatable bonds is 6. The molecule has 0 unspecified atom stereocenters. The van der Waals surface area contributed by atoms with Crippen molar-refractivity contribution in [2.24, 2.45) is 10.1 Å². The maximum atomic E-state index is 13.0. The van der Waals surface area contributed by atoms with E-state index in [-0.39, 0.29) is 36.3 Å². The number of hydrogen-bond donors (Lipinski definition) is 1. The lowest BCUT2D eigenvalue weighted by Gasteiger charge is -2.15. The molecule has 2 aromatic carbocycles. The highest BCUT2D eigenvalue weighted by molar-refractivity contribution is 7.89.